The highest BCUT2D eigenvalue weighted by Gasteiger charge is 2.38. The molecule has 30 heavy (non-hydrogen) atoms. The molecule has 0 fully saturated rings. The summed E-state index contributed by atoms with van der Waals surface area (Å²) >= 11 is 0. The molecule has 2 aromatic carbocycles. The quantitative estimate of drug-likeness (QED) is 0.510. The van der Waals surface area contributed by atoms with Crippen LogP contribution in [0.15, 0.2) is 54.1 Å². The van der Waals surface area contributed by atoms with Crippen LogP contribution in [0, 0.1) is 11.3 Å². The van der Waals surface area contributed by atoms with Crippen LogP contribution in [0.2, 0.25) is 0 Å². The lowest BCUT2D eigenvalue weighted by atomic mass is 10.1. The molecule has 0 aliphatic carbocycles. The second-order valence-electron chi connectivity index (χ2n) is 5.96. The van der Waals surface area contributed by atoms with Crippen LogP contribution in [0.5, 0.6) is 0 Å². The highest BCUT2D eigenvalue weighted by Crippen LogP contribution is 2.20. The van der Waals surface area contributed by atoms with E-state index < -0.39 is 18.0 Å². The Morgan fingerprint density at radius 2 is 1.53 bits per heavy atom. The van der Waals surface area contributed by atoms with Gasteiger partial charge in [0, 0.05) is 24.0 Å². The van der Waals surface area contributed by atoms with Crippen LogP contribution in [0.4, 0.5) is 30.2 Å². The van der Waals surface area contributed by atoms with Gasteiger partial charge < -0.3 is 16.0 Å². The van der Waals surface area contributed by atoms with Crippen LogP contribution in [-0.2, 0) is 14.4 Å². The first-order valence-corrected chi connectivity index (χ1v) is 8.37. The summed E-state index contributed by atoms with van der Waals surface area (Å²) in [4.78, 5) is 34.3. The van der Waals surface area contributed by atoms with Crippen LogP contribution in [-0.4, -0.2) is 23.9 Å². The summed E-state index contributed by atoms with van der Waals surface area (Å²) in [5.74, 6) is -3.13. The van der Waals surface area contributed by atoms with Crippen LogP contribution in [0.25, 0.3) is 6.08 Å². The van der Waals surface area contributed by atoms with E-state index in [1.165, 1.54) is 49.4 Å². The number of benzene rings is 2. The minimum absolute atomic E-state index is 0.141. The van der Waals surface area contributed by atoms with E-state index in [4.69, 9.17) is 0 Å². The predicted octanol–water partition coefficient (Wildman–Crippen LogP) is 3.69. The second kappa shape index (κ2) is 9.38. The Hall–Kier alpha value is -4.13. The maximum Gasteiger partial charge on any atom is 0.471 e. The van der Waals surface area contributed by atoms with Crippen LogP contribution in [0.3, 0.4) is 0 Å². The number of rotatable bonds is 5. The third-order valence-electron chi connectivity index (χ3n) is 3.54. The molecule has 0 atom stereocenters. The number of hydrogen-bond acceptors (Lipinski definition) is 4. The molecule has 154 valence electrons. The van der Waals surface area contributed by atoms with Gasteiger partial charge in [-0.3, -0.25) is 14.4 Å². The fourth-order valence-corrected chi connectivity index (χ4v) is 2.26. The van der Waals surface area contributed by atoms with E-state index in [0.29, 0.717) is 11.4 Å². The minimum Gasteiger partial charge on any atom is -0.326 e. The molecule has 0 radical (unpaired) electrons. The molecule has 7 nitrogen and oxygen atoms in total. The summed E-state index contributed by atoms with van der Waals surface area (Å²) in [6, 6.07) is 13.1. The lowest BCUT2D eigenvalue weighted by Gasteiger charge is -2.09. The van der Waals surface area contributed by atoms with E-state index in [-0.39, 0.29) is 22.7 Å². The molecule has 0 aliphatic heterocycles. The van der Waals surface area contributed by atoms with Crippen molar-refractivity contribution in [3.8, 4) is 6.07 Å². The van der Waals surface area contributed by atoms with Gasteiger partial charge in [-0.25, -0.2) is 0 Å². The number of alkyl halides is 3. The van der Waals surface area contributed by atoms with Gasteiger partial charge in [-0.05, 0) is 48.0 Å². The van der Waals surface area contributed by atoms with Gasteiger partial charge in [-0.1, -0.05) is 12.1 Å². The van der Waals surface area contributed by atoms with Crippen molar-refractivity contribution in [1.82, 2.24) is 0 Å². The predicted molar refractivity (Wildman–Crippen MR) is 104 cm³/mol. The zero-order valence-corrected chi connectivity index (χ0v) is 15.5. The molecule has 0 unspecified atom stereocenters. The first-order chi connectivity index (χ1) is 14.1. The Morgan fingerprint density at radius 3 is 2.07 bits per heavy atom. The van der Waals surface area contributed by atoms with E-state index in [9.17, 15) is 32.8 Å². The fraction of sp³-hybridized carbons (Fsp3) is 0.100. The molecule has 0 heterocycles. The van der Waals surface area contributed by atoms with Gasteiger partial charge in [0.25, 0.3) is 5.91 Å². The summed E-state index contributed by atoms with van der Waals surface area (Å²) in [6.07, 6.45) is -3.87. The molecule has 3 amide bonds. The molecule has 0 bridgehead atoms. The van der Waals surface area contributed by atoms with Crippen molar-refractivity contribution in [2.75, 3.05) is 16.0 Å². The number of amides is 3. The molecule has 0 saturated carbocycles. The van der Waals surface area contributed by atoms with Crippen molar-refractivity contribution in [3.05, 3.63) is 59.7 Å². The summed E-state index contributed by atoms with van der Waals surface area (Å²) in [5, 5.41) is 16.0. The van der Waals surface area contributed by atoms with Crippen molar-refractivity contribution in [2.45, 2.75) is 13.1 Å². The number of nitrogens with zero attached hydrogens (tertiary/aromatic N) is 1. The van der Waals surface area contributed by atoms with E-state index in [0.717, 1.165) is 0 Å². The molecular formula is C20H15F3N4O3. The summed E-state index contributed by atoms with van der Waals surface area (Å²) in [5.41, 5.74) is 0.677. The molecule has 3 N–H and O–H groups in total. The van der Waals surface area contributed by atoms with E-state index in [1.807, 2.05) is 0 Å². The maximum absolute atomic E-state index is 12.4. The monoisotopic (exact) mass is 416 g/mol. The fourth-order valence-electron chi connectivity index (χ4n) is 2.26. The van der Waals surface area contributed by atoms with Crippen LogP contribution in [0.1, 0.15) is 12.5 Å². The smallest absolute Gasteiger partial charge is 0.326 e. The molecule has 0 aromatic heterocycles. The van der Waals surface area contributed by atoms with Gasteiger partial charge in [0.1, 0.15) is 11.6 Å². The molecular weight excluding hydrogens is 401 g/mol. The zero-order chi connectivity index (χ0) is 22.3. The lowest BCUT2D eigenvalue weighted by molar-refractivity contribution is -0.167. The number of nitriles is 1. The topological polar surface area (TPSA) is 111 Å². The number of anilines is 3. The Morgan fingerprint density at radius 1 is 0.933 bits per heavy atom. The minimum atomic E-state index is -5.04. The molecule has 0 spiro atoms. The number of hydrogen-bond donors (Lipinski definition) is 3. The normalized spacial score (nSPS) is 11.2. The zero-order valence-electron chi connectivity index (χ0n) is 15.5. The largest absolute Gasteiger partial charge is 0.471 e. The van der Waals surface area contributed by atoms with E-state index in [2.05, 4.69) is 10.6 Å². The average molecular weight is 416 g/mol. The van der Waals surface area contributed by atoms with Gasteiger partial charge in [0.15, 0.2) is 0 Å². The number of carbonyl (C=O) groups is 3. The van der Waals surface area contributed by atoms with E-state index in [1.54, 1.807) is 23.5 Å². The molecule has 0 aliphatic rings. The van der Waals surface area contributed by atoms with E-state index >= 15 is 0 Å². The van der Waals surface area contributed by atoms with Gasteiger partial charge >= 0.3 is 12.1 Å². The highest BCUT2D eigenvalue weighted by molar-refractivity contribution is 6.09. The van der Waals surface area contributed by atoms with Gasteiger partial charge in [-0.2, -0.15) is 18.4 Å². The van der Waals surface area contributed by atoms with Crippen molar-refractivity contribution < 1.29 is 27.6 Å². The van der Waals surface area contributed by atoms with Crippen LogP contribution < -0.4 is 16.0 Å². The first-order valence-electron chi connectivity index (χ1n) is 8.37. The van der Waals surface area contributed by atoms with Crippen LogP contribution >= 0.6 is 0 Å². The Kier molecular flexibility index (Phi) is 6.93. The maximum atomic E-state index is 12.4. The van der Waals surface area contributed by atoms with Crippen molar-refractivity contribution in [2.24, 2.45) is 0 Å². The molecule has 0 saturated heterocycles. The average Bonchev–Trinajstić information content (AvgIpc) is 2.66. The summed E-state index contributed by atoms with van der Waals surface area (Å²) in [7, 11) is 0. The summed E-state index contributed by atoms with van der Waals surface area (Å²) in [6.45, 7) is 1.35. The Bertz CT molecular complexity index is 1040. The van der Waals surface area contributed by atoms with Gasteiger partial charge in [-0.15, -0.1) is 0 Å². The first kappa shape index (κ1) is 22.2. The Balaban J connectivity index is 2.14. The van der Waals surface area contributed by atoms with Crippen molar-refractivity contribution >= 4 is 40.9 Å². The molecule has 2 aromatic rings. The molecule has 2 rings (SSSR count). The molecule has 10 heteroatoms. The number of halogens is 3. The Labute approximate surface area is 169 Å². The lowest BCUT2D eigenvalue weighted by Crippen LogP contribution is -2.29. The number of nitrogens with one attached hydrogen (secondary N) is 3. The second-order valence-corrected chi connectivity index (χ2v) is 5.96. The SMILES string of the molecule is CC(=O)Nc1ccc(NC(=O)/C(C#N)=C/c2cccc(NC(=O)C(F)(F)F)c2)cc1. The highest BCUT2D eigenvalue weighted by atomic mass is 19.4. The summed E-state index contributed by atoms with van der Waals surface area (Å²) < 4.78 is 37.1. The standard InChI is InChI=1S/C20H15F3N4O3/c1-12(28)25-15-5-7-16(8-6-15)26-18(29)14(11-24)9-13-3-2-4-17(10-13)27-19(30)20(21,22)23/h2-10H,1H3,(H,25,28)(H,26,29)(H,27,30)/b14-9+. The van der Waals surface area contributed by atoms with Crippen molar-refractivity contribution in [1.29, 1.82) is 5.26 Å². The van der Waals surface area contributed by atoms with Crippen molar-refractivity contribution in [3.63, 3.8) is 0 Å². The number of carbonyl (C=O) groups excluding carboxylic acids is 3. The third-order valence-corrected chi connectivity index (χ3v) is 3.54. The van der Waals surface area contributed by atoms with Gasteiger partial charge in [0.05, 0.1) is 0 Å². The van der Waals surface area contributed by atoms with Gasteiger partial charge in [0.2, 0.25) is 5.91 Å². The third kappa shape index (κ3) is 6.49.